The van der Waals surface area contributed by atoms with Gasteiger partial charge >= 0.3 is 6.03 Å². The molecule has 1 aromatic carbocycles. The Balaban J connectivity index is 1.74. The van der Waals surface area contributed by atoms with Crippen molar-refractivity contribution in [2.24, 2.45) is 0 Å². The quantitative estimate of drug-likeness (QED) is 0.773. The molecule has 0 bridgehead atoms. The van der Waals surface area contributed by atoms with Gasteiger partial charge in [0.05, 0.1) is 5.75 Å². The van der Waals surface area contributed by atoms with Crippen LogP contribution >= 0.6 is 0 Å². The molecule has 0 aromatic heterocycles. The molecular weight excluding hydrogens is 324 g/mol. The van der Waals surface area contributed by atoms with Gasteiger partial charge in [-0.25, -0.2) is 17.9 Å². The van der Waals surface area contributed by atoms with Gasteiger partial charge in [-0.15, -0.1) is 0 Å². The predicted molar refractivity (Wildman–Crippen MR) is 96.0 cm³/mol. The molecule has 0 heterocycles. The Kier molecular flexibility index (Phi) is 5.13. The Morgan fingerprint density at radius 3 is 2.25 bits per heavy atom. The number of amides is 2. The van der Waals surface area contributed by atoms with Crippen LogP contribution in [0.2, 0.25) is 0 Å². The summed E-state index contributed by atoms with van der Waals surface area (Å²) >= 11 is 0. The molecule has 2 aliphatic rings. The number of unbranched alkanes of at least 4 members (excludes halogenated alkanes) is 2. The highest BCUT2D eigenvalue weighted by atomic mass is 32.2. The van der Waals surface area contributed by atoms with Crippen LogP contribution in [-0.4, -0.2) is 20.2 Å². The van der Waals surface area contributed by atoms with Crippen LogP contribution in [0.3, 0.4) is 0 Å². The minimum absolute atomic E-state index is 0.000730. The van der Waals surface area contributed by atoms with Gasteiger partial charge < -0.3 is 5.32 Å². The van der Waals surface area contributed by atoms with Crippen LogP contribution in [0.25, 0.3) is 0 Å². The maximum atomic E-state index is 12.3. The summed E-state index contributed by atoms with van der Waals surface area (Å²) in [6.07, 6.45) is 8.60. The van der Waals surface area contributed by atoms with Crippen molar-refractivity contribution in [3.63, 3.8) is 0 Å². The van der Waals surface area contributed by atoms with E-state index in [1.807, 2.05) is 6.92 Å². The van der Waals surface area contributed by atoms with Crippen molar-refractivity contribution in [3.8, 4) is 0 Å². The van der Waals surface area contributed by atoms with E-state index in [2.05, 4.69) is 16.1 Å². The minimum Gasteiger partial charge on any atom is -0.307 e. The fourth-order valence-electron chi connectivity index (χ4n) is 3.84. The first-order valence-corrected chi connectivity index (χ1v) is 10.6. The summed E-state index contributed by atoms with van der Waals surface area (Å²) in [5.41, 5.74) is 5.91. The van der Waals surface area contributed by atoms with Crippen LogP contribution in [-0.2, 0) is 35.7 Å². The molecule has 24 heavy (non-hydrogen) atoms. The van der Waals surface area contributed by atoms with Gasteiger partial charge in [-0.05, 0) is 67.2 Å². The summed E-state index contributed by atoms with van der Waals surface area (Å²) in [7, 11) is -3.56. The van der Waals surface area contributed by atoms with Gasteiger partial charge in [0.15, 0.2) is 0 Å². The fourth-order valence-corrected chi connectivity index (χ4v) is 4.86. The van der Waals surface area contributed by atoms with Gasteiger partial charge in [-0.1, -0.05) is 25.8 Å². The van der Waals surface area contributed by atoms with E-state index in [1.54, 1.807) is 0 Å². The molecule has 0 saturated carbocycles. The first-order valence-electron chi connectivity index (χ1n) is 8.98. The molecule has 132 valence electrons. The molecule has 2 amide bonds. The van der Waals surface area contributed by atoms with Gasteiger partial charge in [0, 0.05) is 5.69 Å². The smallest absolute Gasteiger partial charge is 0.307 e. The van der Waals surface area contributed by atoms with Crippen LogP contribution < -0.4 is 10.0 Å². The van der Waals surface area contributed by atoms with Crippen molar-refractivity contribution in [3.05, 3.63) is 28.3 Å². The Bertz CT molecular complexity index is 709. The summed E-state index contributed by atoms with van der Waals surface area (Å²) in [6.45, 7) is 2.02. The van der Waals surface area contributed by atoms with Crippen molar-refractivity contribution in [2.45, 2.75) is 64.7 Å². The second-order valence-corrected chi connectivity index (χ2v) is 8.66. The number of hydrogen-bond acceptors (Lipinski definition) is 3. The molecule has 0 spiro atoms. The highest BCUT2D eigenvalue weighted by Gasteiger charge is 2.25. The first kappa shape index (κ1) is 17.3. The SMILES string of the molecule is CCCCCS(=O)(=O)NC(=O)Nc1c2c(cc3c1CCC3)CCC2. The molecule has 3 rings (SSSR count). The lowest BCUT2D eigenvalue weighted by Crippen LogP contribution is -2.36. The number of carbonyl (C=O) groups is 1. The summed E-state index contributed by atoms with van der Waals surface area (Å²) in [5, 5.41) is 2.86. The summed E-state index contributed by atoms with van der Waals surface area (Å²) in [6, 6.07) is 1.66. The monoisotopic (exact) mass is 350 g/mol. The van der Waals surface area contributed by atoms with E-state index in [0.29, 0.717) is 6.42 Å². The molecule has 1 aromatic rings. The van der Waals surface area contributed by atoms with E-state index < -0.39 is 16.1 Å². The standard InChI is InChI=1S/C18H26N2O3S/c1-2-3-4-11-24(22,23)20-18(21)19-17-15-9-5-7-13(15)12-14-8-6-10-16(14)17/h12H,2-11H2,1H3,(H2,19,20,21). The number of benzene rings is 1. The van der Waals surface area contributed by atoms with Gasteiger partial charge in [0.1, 0.15) is 0 Å². The first-order chi connectivity index (χ1) is 11.5. The summed E-state index contributed by atoms with van der Waals surface area (Å²) < 4.78 is 26.2. The topological polar surface area (TPSA) is 75.3 Å². The molecule has 5 nitrogen and oxygen atoms in total. The van der Waals surface area contributed by atoms with Crippen molar-refractivity contribution in [1.82, 2.24) is 4.72 Å². The molecule has 0 aliphatic heterocycles. The largest absolute Gasteiger partial charge is 0.332 e. The average Bonchev–Trinajstić information content (AvgIpc) is 3.15. The van der Waals surface area contributed by atoms with Crippen LogP contribution in [0, 0.1) is 0 Å². The van der Waals surface area contributed by atoms with Crippen LogP contribution in [0.4, 0.5) is 10.5 Å². The van der Waals surface area contributed by atoms with E-state index >= 15 is 0 Å². The van der Waals surface area contributed by atoms with E-state index in [9.17, 15) is 13.2 Å². The maximum absolute atomic E-state index is 12.3. The summed E-state index contributed by atoms with van der Waals surface area (Å²) in [4.78, 5) is 12.3. The molecule has 0 unspecified atom stereocenters. The number of anilines is 1. The fraction of sp³-hybridized carbons (Fsp3) is 0.611. The van der Waals surface area contributed by atoms with E-state index in [1.165, 1.54) is 22.3 Å². The molecular formula is C18H26N2O3S. The van der Waals surface area contributed by atoms with Gasteiger partial charge in [-0.2, -0.15) is 0 Å². The number of sulfonamides is 1. The summed E-state index contributed by atoms with van der Waals surface area (Å²) in [5.74, 6) is -0.000730. The van der Waals surface area contributed by atoms with Crippen LogP contribution in [0.5, 0.6) is 0 Å². The van der Waals surface area contributed by atoms with Crippen LogP contribution in [0.1, 0.15) is 61.3 Å². The Morgan fingerprint density at radius 2 is 1.67 bits per heavy atom. The molecule has 6 heteroatoms. The Morgan fingerprint density at radius 1 is 1.04 bits per heavy atom. The van der Waals surface area contributed by atoms with E-state index in [-0.39, 0.29) is 5.75 Å². The normalized spacial score (nSPS) is 15.9. The Labute approximate surface area is 144 Å². The number of rotatable bonds is 6. The lowest BCUT2D eigenvalue weighted by Gasteiger charge is -2.16. The lowest BCUT2D eigenvalue weighted by atomic mass is 9.99. The molecule has 0 radical (unpaired) electrons. The third-order valence-electron chi connectivity index (χ3n) is 4.98. The zero-order valence-electron chi connectivity index (χ0n) is 14.3. The lowest BCUT2D eigenvalue weighted by molar-refractivity contribution is 0.256. The zero-order valence-corrected chi connectivity index (χ0v) is 15.1. The molecule has 0 fully saturated rings. The minimum atomic E-state index is -3.56. The van der Waals surface area contributed by atoms with Crippen molar-refractivity contribution in [1.29, 1.82) is 0 Å². The van der Waals surface area contributed by atoms with Gasteiger partial charge in [0.25, 0.3) is 0 Å². The Hall–Kier alpha value is -1.56. The van der Waals surface area contributed by atoms with Crippen LogP contribution in [0.15, 0.2) is 6.07 Å². The van der Waals surface area contributed by atoms with E-state index in [0.717, 1.165) is 57.1 Å². The van der Waals surface area contributed by atoms with Crippen molar-refractivity contribution < 1.29 is 13.2 Å². The maximum Gasteiger partial charge on any atom is 0.332 e. The number of aryl methyl sites for hydroxylation is 2. The van der Waals surface area contributed by atoms with Crippen molar-refractivity contribution in [2.75, 3.05) is 11.1 Å². The zero-order chi connectivity index (χ0) is 17.2. The predicted octanol–water partition coefficient (Wildman–Crippen LogP) is 3.31. The molecule has 2 aliphatic carbocycles. The highest BCUT2D eigenvalue weighted by molar-refractivity contribution is 7.90. The number of fused-ring (bicyclic) bond motifs is 2. The third-order valence-corrected chi connectivity index (χ3v) is 6.30. The number of urea groups is 1. The average molecular weight is 350 g/mol. The van der Waals surface area contributed by atoms with Gasteiger partial charge in [0.2, 0.25) is 10.0 Å². The highest BCUT2D eigenvalue weighted by Crippen LogP contribution is 2.38. The second kappa shape index (κ2) is 7.13. The number of carbonyl (C=O) groups excluding carboxylic acids is 1. The third kappa shape index (κ3) is 3.74. The molecule has 0 atom stereocenters. The number of nitrogens with one attached hydrogen (secondary N) is 2. The van der Waals surface area contributed by atoms with E-state index in [4.69, 9.17) is 0 Å². The van der Waals surface area contributed by atoms with Gasteiger partial charge in [-0.3, -0.25) is 0 Å². The molecule has 2 N–H and O–H groups in total. The van der Waals surface area contributed by atoms with Crippen molar-refractivity contribution >= 4 is 21.7 Å². The number of hydrogen-bond donors (Lipinski definition) is 2. The second-order valence-electron chi connectivity index (χ2n) is 6.82. The molecule has 0 saturated heterocycles.